The number of rotatable bonds is 4. The SMILES string of the molecule is CC=C[C@H](C)OC(C)(C)OC. The van der Waals surface area contributed by atoms with Gasteiger partial charge in [0.2, 0.25) is 0 Å². The Balaban J connectivity index is 3.82. The van der Waals surface area contributed by atoms with Crippen molar-refractivity contribution in [1.29, 1.82) is 0 Å². The van der Waals surface area contributed by atoms with Crippen LogP contribution in [-0.2, 0) is 9.47 Å². The molecule has 2 heteroatoms. The fraction of sp³-hybridized carbons (Fsp3) is 0.778. The third kappa shape index (κ3) is 4.99. The fourth-order valence-corrected chi connectivity index (χ4v) is 0.806. The van der Waals surface area contributed by atoms with Crippen LogP contribution >= 0.6 is 0 Å². The second-order valence-corrected chi connectivity index (χ2v) is 2.95. The van der Waals surface area contributed by atoms with E-state index in [1.54, 1.807) is 7.11 Å². The topological polar surface area (TPSA) is 18.5 Å². The van der Waals surface area contributed by atoms with Crippen molar-refractivity contribution in [1.82, 2.24) is 0 Å². The molecule has 0 saturated heterocycles. The zero-order valence-corrected chi connectivity index (χ0v) is 8.05. The molecule has 1 atom stereocenters. The summed E-state index contributed by atoms with van der Waals surface area (Å²) in [6, 6.07) is 0. The summed E-state index contributed by atoms with van der Waals surface area (Å²) in [5.41, 5.74) is 0. The molecule has 0 bridgehead atoms. The van der Waals surface area contributed by atoms with Crippen molar-refractivity contribution in [2.45, 2.75) is 39.6 Å². The minimum Gasteiger partial charge on any atom is -0.354 e. The van der Waals surface area contributed by atoms with Crippen molar-refractivity contribution < 1.29 is 9.47 Å². The lowest BCUT2D eigenvalue weighted by Crippen LogP contribution is -2.30. The molecule has 0 N–H and O–H groups in total. The van der Waals surface area contributed by atoms with E-state index in [9.17, 15) is 0 Å². The normalized spacial score (nSPS) is 15.7. The molecular weight excluding hydrogens is 140 g/mol. The van der Waals surface area contributed by atoms with Gasteiger partial charge in [-0.25, -0.2) is 0 Å². The van der Waals surface area contributed by atoms with Crippen molar-refractivity contribution in [3.8, 4) is 0 Å². The van der Waals surface area contributed by atoms with E-state index in [0.29, 0.717) is 0 Å². The first-order valence-corrected chi connectivity index (χ1v) is 3.87. The first-order valence-electron chi connectivity index (χ1n) is 3.87. The maximum atomic E-state index is 5.52. The Bertz CT molecular complexity index is 128. The van der Waals surface area contributed by atoms with Gasteiger partial charge in [0, 0.05) is 7.11 Å². The summed E-state index contributed by atoms with van der Waals surface area (Å²) in [6.07, 6.45) is 4.06. The fourth-order valence-electron chi connectivity index (χ4n) is 0.806. The molecule has 0 unspecified atom stereocenters. The lowest BCUT2D eigenvalue weighted by Gasteiger charge is -2.26. The van der Waals surface area contributed by atoms with Crippen LogP contribution in [0.1, 0.15) is 27.7 Å². The van der Waals surface area contributed by atoms with Crippen molar-refractivity contribution in [2.24, 2.45) is 0 Å². The van der Waals surface area contributed by atoms with E-state index in [1.807, 2.05) is 39.8 Å². The van der Waals surface area contributed by atoms with Crippen LogP contribution in [0.2, 0.25) is 0 Å². The van der Waals surface area contributed by atoms with Gasteiger partial charge in [0.05, 0.1) is 6.10 Å². The van der Waals surface area contributed by atoms with E-state index in [2.05, 4.69) is 0 Å². The van der Waals surface area contributed by atoms with E-state index >= 15 is 0 Å². The lowest BCUT2D eigenvalue weighted by molar-refractivity contribution is -0.210. The van der Waals surface area contributed by atoms with Gasteiger partial charge in [-0.1, -0.05) is 12.2 Å². The summed E-state index contributed by atoms with van der Waals surface area (Å²) in [5.74, 6) is -0.487. The van der Waals surface area contributed by atoms with E-state index in [1.165, 1.54) is 0 Å². The minimum absolute atomic E-state index is 0.106. The summed E-state index contributed by atoms with van der Waals surface area (Å²) in [7, 11) is 1.64. The van der Waals surface area contributed by atoms with Crippen LogP contribution in [-0.4, -0.2) is 19.0 Å². The van der Waals surface area contributed by atoms with Crippen LogP contribution in [0.5, 0.6) is 0 Å². The van der Waals surface area contributed by atoms with E-state index < -0.39 is 5.79 Å². The van der Waals surface area contributed by atoms with Crippen molar-refractivity contribution in [2.75, 3.05) is 7.11 Å². The Hall–Kier alpha value is -0.340. The average Bonchev–Trinajstić information content (AvgIpc) is 1.87. The van der Waals surface area contributed by atoms with Gasteiger partial charge < -0.3 is 9.47 Å². The van der Waals surface area contributed by atoms with E-state index in [-0.39, 0.29) is 6.10 Å². The Labute approximate surface area is 69.2 Å². The zero-order valence-electron chi connectivity index (χ0n) is 8.05. The molecule has 11 heavy (non-hydrogen) atoms. The van der Waals surface area contributed by atoms with Crippen LogP contribution in [0, 0.1) is 0 Å². The number of hydrogen-bond acceptors (Lipinski definition) is 2. The summed E-state index contributed by atoms with van der Waals surface area (Å²) >= 11 is 0. The monoisotopic (exact) mass is 158 g/mol. The predicted octanol–water partition coefficient (Wildman–Crippen LogP) is 2.35. The van der Waals surface area contributed by atoms with Crippen LogP contribution in [0.25, 0.3) is 0 Å². The first-order chi connectivity index (χ1) is 5.02. The second-order valence-electron chi connectivity index (χ2n) is 2.95. The standard InChI is InChI=1S/C9H18O2/c1-6-7-8(2)11-9(3,4)10-5/h6-8H,1-5H3/t8-/m0/s1. The summed E-state index contributed by atoms with van der Waals surface area (Å²) in [4.78, 5) is 0. The van der Waals surface area contributed by atoms with Crippen LogP contribution < -0.4 is 0 Å². The quantitative estimate of drug-likeness (QED) is 0.462. The molecule has 0 aliphatic rings. The second kappa shape index (κ2) is 4.52. The maximum Gasteiger partial charge on any atom is 0.163 e. The van der Waals surface area contributed by atoms with Gasteiger partial charge in [-0.15, -0.1) is 0 Å². The van der Waals surface area contributed by atoms with Crippen molar-refractivity contribution in [3.05, 3.63) is 12.2 Å². The Kier molecular flexibility index (Phi) is 4.38. The summed E-state index contributed by atoms with van der Waals surface area (Å²) in [5, 5.41) is 0. The van der Waals surface area contributed by atoms with Crippen molar-refractivity contribution >= 4 is 0 Å². The molecule has 0 spiro atoms. The molecule has 0 amide bonds. The average molecular weight is 158 g/mol. The van der Waals surface area contributed by atoms with Gasteiger partial charge in [-0.05, 0) is 27.7 Å². The summed E-state index contributed by atoms with van der Waals surface area (Å²) < 4.78 is 10.6. The van der Waals surface area contributed by atoms with Gasteiger partial charge in [0.1, 0.15) is 0 Å². The van der Waals surface area contributed by atoms with Gasteiger partial charge in [0.25, 0.3) is 0 Å². The van der Waals surface area contributed by atoms with Gasteiger partial charge in [-0.3, -0.25) is 0 Å². The zero-order chi connectivity index (χ0) is 8.91. The molecule has 0 heterocycles. The molecule has 0 fully saturated rings. The van der Waals surface area contributed by atoms with Gasteiger partial charge in [0.15, 0.2) is 5.79 Å². The molecule has 66 valence electrons. The first kappa shape index (κ1) is 10.7. The molecule has 0 aliphatic heterocycles. The highest BCUT2D eigenvalue weighted by Gasteiger charge is 2.18. The summed E-state index contributed by atoms with van der Waals surface area (Å²) in [6.45, 7) is 7.75. The number of allylic oxidation sites excluding steroid dienone is 1. The molecule has 0 radical (unpaired) electrons. The molecule has 0 rings (SSSR count). The molecule has 0 aromatic rings. The van der Waals surface area contributed by atoms with Crippen LogP contribution in [0.15, 0.2) is 12.2 Å². The van der Waals surface area contributed by atoms with Crippen LogP contribution in [0.4, 0.5) is 0 Å². The highest BCUT2D eigenvalue weighted by Crippen LogP contribution is 2.12. The minimum atomic E-state index is -0.487. The Morgan fingerprint density at radius 3 is 2.27 bits per heavy atom. The molecule has 0 aliphatic carbocycles. The predicted molar refractivity (Wildman–Crippen MR) is 46.4 cm³/mol. The van der Waals surface area contributed by atoms with E-state index in [0.717, 1.165) is 0 Å². The highest BCUT2D eigenvalue weighted by molar-refractivity contribution is 4.84. The molecule has 0 aromatic carbocycles. The van der Waals surface area contributed by atoms with Crippen LogP contribution in [0.3, 0.4) is 0 Å². The molecule has 0 aromatic heterocycles. The number of methoxy groups -OCH3 is 1. The highest BCUT2D eigenvalue weighted by atomic mass is 16.7. The Morgan fingerprint density at radius 2 is 1.91 bits per heavy atom. The largest absolute Gasteiger partial charge is 0.354 e. The molecule has 0 saturated carbocycles. The van der Waals surface area contributed by atoms with E-state index in [4.69, 9.17) is 9.47 Å². The maximum absolute atomic E-state index is 5.52. The third-order valence-electron chi connectivity index (χ3n) is 1.42. The van der Waals surface area contributed by atoms with Gasteiger partial charge >= 0.3 is 0 Å². The number of ether oxygens (including phenoxy) is 2. The molecular formula is C9H18O2. The number of hydrogen-bond donors (Lipinski definition) is 0. The lowest BCUT2D eigenvalue weighted by atomic mass is 10.3. The Morgan fingerprint density at radius 1 is 1.36 bits per heavy atom. The van der Waals surface area contributed by atoms with Gasteiger partial charge in [-0.2, -0.15) is 0 Å². The third-order valence-corrected chi connectivity index (χ3v) is 1.42. The van der Waals surface area contributed by atoms with Crippen molar-refractivity contribution in [3.63, 3.8) is 0 Å². The smallest absolute Gasteiger partial charge is 0.163 e. The molecule has 2 nitrogen and oxygen atoms in total.